The van der Waals surface area contributed by atoms with Crippen molar-refractivity contribution in [1.29, 1.82) is 0 Å². The Kier molecular flexibility index (Phi) is 5.68. The minimum Gasteiger partial charge on any atom is -0.501 e. The Bertz CT molecular complexity index is 1270. The minimum atomic E-state index is -1.56. The number of aromatic nitrogens is 2. The molecule has 5 N–H and O–H groups in total. The van der Waals surface area contributed by atoms with Gasteiger partial charge in [-0.05, 0) is 30.3 Å². The van der Waals surface area contributed by atoms with E-state index in [2.05, 4.69) is 15.6 Å². The lowest BCUT2D eigenvalue weighted by Crippen LogP contribution is -2.23. The highest BCUT2D eigenvalue weighted by atomic mass is 16.4. The van der Waals surface area contributed by atoms with Crippen molar-refractivity contribution in [3.63, 3.8) is 0 Å². The Balaban J connectivity index is 1.87. The van der Waals surface area contributed by atoms with Gasteiger partial charge in [-0.3, -0.25) is 9.36 Å². The molecule has 2 aromatic carbocycles. The van der Waals surface area contributed by atoms with E-state index in [-0.39, 0.29) is 17.1 Å². The van der Waals surface area contributed by atoms with E-state index in [9.17, 15) is 24.3 Å². The number of carboxylic acids is 2. The second-order valence-electron chi connectivity index (χ2n) is 6.35. The summed E-state index contributed by atoms with van der Waals surface area (Å²) in [6.07, 6.45) is 0. The summed E-state index contributed by atoms with van der Waals surface area (Å²) >= 11 is 0. The number of urea groups is 1. The molecule has 11 nitrogen and oxygen atoms in total. The summed E-state index contributed by atoms with van der Waals surface area (Å²) < 4.78 is 0.984. The first kappa shape index (κ1) is 21.0. The molecule has 158 valence electrons. The zero-order valence-corrected chi connectivity index (χ0v) is 16.0. The van der Waals surface area contributed by atoms with Crippen molar-refractivity contribution in [1.82, 2.24) is 9.55 Å². The van der Waals surface area contributed by atoms with Crippen LogP contribution in [0.15, 0.2) is 53.3 Å². The zero-order chi connectivity index (χ0) is 22.7. The summed E-state index contributed by atoms with van der Waals surface area (Å²) in [5, 5.41) is 32.9. The van der Waals surface area contributed by atoms with Gasteiger partial charge in [-0.25, -0.2) is 19.4 Å². The molecule has 1 heterocycles. The summed E-state index contributed by atoms with van der Waals surface area (Å²) in [4.78, 5) is 50.5. The van der Waals surface area contributed by atoms with Crippen molar-refractivity contribution in [2.45, 2.75) is 0 Å². The van der Waals surface area contributed by atoms with Crippen LogP contribution < -0.4 is 16.2 Å². The van der Waals surface area contributed by atoms with Gasteiger partial charge >= 0.3 is 18.0 Å². The highest BCUT2D eigenvalue weighted by Crippen LogP contribution is 2.22. The third kappa shape index (κ3) is 4.50. The summed E-state index contributed by atoms with van der Waals surface area (Å²) in [5.74, 6) is -3.70. The third-order valence-corrected chi connectivity index (χ3v) is 4.22. The third-order valence-electron chi connectivity index (χ3n) is 4.22. The molecule has 0 bridgehead atoms. The van der Waals surface area contributed by atoms with Gasteiger partial charge in [-0.2, -0.15) is 0 Å². The number of carboxylic acid groups (broad SMARTS) is 2. The van der Waals surface area contributed by atoms with Crippen LogP contribution >= 0.6 is 0 Å². The van der Waals surface area contributed by atoms with Gasteiger partial charge in [0.25, 0.3) is 5.56 Å². The van der Waals surface area contributed by atoms with Gasteiger partial charge in [0.05, 0.1) is 5.56 Å². The molecule has 3 aromatic rings. The number of anilines is 2. The van der Waals surface area contributed by atoms with Crippen molar-refractivity contribution in [2.24, 2.45) is 7.05 Å². The molecule has 1 aromatic heterocycles. The Morgan fingerprint density at radius 2 is 1.55 bits per heavy atom. The molecule has 0 unspecified atom stereocenters. The summed E-state index contributed by atoms with van der Waals surface area (Å²) in [6.45, 7) is 0. The van der Waals surface area contributed by atoms with Gasteiger partial charge in [0, 0.05) is 24.0 Å². The quantitative estimate of drug-likeness (QED) is 0.415. The maximum Gasteiger partial charge on any atom is 0.358 e. The van der Waals surface area contributed by atoms with Crippen LogP contribution in [0.3, 0.4) is 0 Å². The highest BCUT2D eigenvalue weighted by molar-refractivity contribution is 6.01. The molecule has 0 atom stereocenters. The molecule has 0 spiro atoms. The first-order valence-corrected chi connectivity index (χ1v) is 8.72. The van der Waals surface area contributed by atoms with Crippen LogP contribution in [0.25, 0.3) is 11.4 Å². The first-order valence-electron chi connectivity index (χ1n) is 8.72. The van der Waals surface area contributed by atoms with Gasteiger partial charge < -0.3 is 26.0 Å². The van der Waals surface area contributed by atoms with Crippen LogP contribution in [0.2, 0.25) is 0 Å². The molecule has 0 saturated heterocycles. The van der Waals surface area contributed by atoms with Crippen LogP contribution in [0.5, 0.6) is 5.75 Å². The number of carbonyl (C=O) groups excluding carboxylic acids is 1. The minimum absolute atomic E-state index is 0.00774. The van der Waals surface area contributed by atoms with E-state index in [0.29, 0.717) is 11.3 Å². The van der Waals surface area contributed by atoms with Crippen LogP contribution in [-0.4, -0.2) is 42.8 Å². The monoisotopic (exact) mass is 424 g/mol. The summed E-state index contributed by atoms with van der Waals surface area (Å²) in [5.41, 5.74) is -0.837. The van der Waals surface area contributed by atoms with E-state index in [0.717, 1.165) is 4.57 Å². The average Bonchev–Trinajstić information content (AvgIpc) is 2.72. The van der Waals surface area contributed by atoms with Crippen molar-refractivity contribution < 1.29 is 29.7 Å². The number of nitrogens with one attached hydrogen (secondary N) is 2. The zero-order valence-electron chi connectivity index (χ0n) is 16.0. The number of amides is 2. The van der Waals surface area contributed by atoms with Gasteiger partial charge in [0.15, 0.2) is 5.69 Å². The average molecular weight is 424 g/mol. The predicted molar refractivity (Wildman–Crippen MR) is 110 cm³/mol. The van der Waals surface area contributed by atoms with Crippen molar-refractivity contribution in [3.8, 4) is 17.1 Å². The summed E-state index contributed by atoms with van der Waals surface area (Å²) in [6, 6.07) is 11.1. The van der Waals surface area contributed by atoms with Gasteiger partial charge in [0.2, 0.25) is 5.75 Å². The molecule has 2 amide bonds. The lowest BCUT2D eigenvalue weighted by Gasteiger charge is -2.12. The maximum absolute atomic E-state index is 12.3. The van der Waals surface area contributed by atoms with Crippen LogP contribution in [0.1, 0.15) is 20.8 Å². The molecule has 11 heteroatoms. The molecule has 0 aliphatic rings. The van der Waals surface area contributed by atoms with E-state index in [1.807, 2.05) is 0 Å². The summed E-state index contributed by atoms with van der Waals surface area (Å²) in [7, 11) is 1.32. The number of aromatic hydroxyl groups is 1. The van der Waals surface area contributed by atoms with Gasteiger partial charge in [-0.15, -0.1) is 0 Å². The lowest BCUT2D eigenvalue weighted by atomic mass is 10.1. The fourth-order valence-electron chi connectivity index (χ4n) is 2.76. The topological polar surface area (TPSA) is 171 Å². The van der Waals surface area contributed by atoms with Crippen molar-refractivity contribution in [3.05, 3.63) is 70.1 Å². The Labute approximate surface area is 174 Å². The number of carbonyl (C=O) groups is 3. The standard InChI is InChI=1S/C20H16N4O7/c1-24-16(23-14(19(29)30)15(25)17(24)26)10-4-2-6-12(8-10)21-20(31)22-13-7-3-5-11(9-13)18(27)28/h2-9,25H,1H3,(H,27,28)(H,29,30)(H2,21,22,31). The molecule has 0 aliphatic heterocycles. The van der Waals surface area contributed by atoms with E-state index in [4.69, 9.17) is 10.2 Å². The molecular formula is C20H16N4O7. The second kappa shape index (κ2) is 8.37. The number of hydrogen-bond acceptors (Lipinski definition) is 6. The lowest BCUT2D eigenvalue weighted by molar-refractivity contribution is 0.0679. The SMILES string of the molecule is Cn1c(-c2cccc(NC(=O)Nc3cccc(C(=O)O)c3)c2)nc(C(=O)O)c(O)c1=O. The second-order valence-corrected chi connectivity index (χ2v) is 6.35. The fourth-order valence-corrected chi connectivity index (χ4v) is 2.76. The number of benzene rings is 2. The smallest absolute Gasteiger partial charge is 0.358 e. The van der Waals surface area contributed by atoms with Crippen molar-refractivity contribution >= 4 is 29.3 Å². The van der Waals surface area contributed by atoms with Crippen molar-refractivity contribution in [2.75, 3.05) is 10.6 Å². The van der Waals surface area contributed by atoms with E-state index >= 15 is 0 Å². The number of nitrogens with zero attached hydrogens (tertiary/aromatic N) is 2. The molecule has 0 saturated carbocycles. The largest absolute Gasteiger partial charge is 0.501 e. The van der Waals surface area contributed by atoms with E-state index in [1.54, 1.807) is 18.2 Å². The maximum atomic E-state index is 12.3. The van der Waals surface area contributed by atoms with E-state index < -0.39 is 35.0 Å². The van der Waals surface area contributed by atoms with Crippen LogP contribution in [0.4, 0.5) is 16.2 Å². The Hall–Kier alpha value is -4.67. The number of hydrogen-bond donors (Lipinski definition) is 5. The van der Waals surface area contributed by atoms with Crippen LogP contribution in [-0.2, 0) is 7.05 Å². The first-order chi connectivity index (χ1) is 14.7. The normalized spacial score (nSPS) is 10.4. The fraction of sp³-hybridized carbons (Fsp3) is 0.0500. The van der Waals surface area contributed by atoms with E-state index in [1.165, 1.54) is 37.4 Å². The molecule has 0 aliphatic carbocycles. The number of aromatic carboxylic acids is 2. The molecule has 31 heavy (non-hydrogen) atoms. The van der Waals surface area contributed by atoms with Gasteiger partial charge in [-0.1, -0.05) is 18.2 Å². The highest BCUT2D eigenvalue weighted by Gasteiger charge is 2.20. The Morgan fingerprint density at radius 1 is 0.935 bits per heavy atom. The molecule has 0 radical (unpaired) electrons. The van der Waals surface area contributed by atoms with Crippen LogP contribution in [0, 0.1) is 0 Å². The molecule has 3 rings (SSSR count). The molecule has 0 fully saturated rings. The molecular weight excluding hydrogens is 408 g/mol. The Morgan fingerprint density at radius 3 is 2.16 bits per heavy atom. The van der Waals surface area contributed by atoms with Gasteiger partial charge in [0.1, 0.15) is 5.82 Å². The number of rotatable bonds is 5. The predicted octanol–water partition coefficient (Wildman–Crippen LogP) is 2.19.